The van der Waals surface area contributed by atoms with Gasteiger partial charge in [-0.25, -0.2) is 0 Å². The van der Waals surface area contributed by atoms with Gasteiger partial charge in [0.05, 0.1) is 16.7 Å². The monoisotopic (exact) mass is 638 g/mol. The van der Waals surface area contributed by atoms with E-state index in [0.717, 1.165) is 17.1 Å². The van der Waals surface area contributed by atoms with Gasteiger partial charge in [0.1, 0.15) is 0 Å². The zero-order chi connectivity index (χ0) is 33.3. The van der Waals surface area contributed by atoms with Crippen molar-refractivity contribution in [3.05, 3.63) is 206 Å². The lowest BCUT2D eigenvalue weighted by Gasteiger charge is -2.26. The van der Waals surface area contributed by atoms with E-state index >= 15 is 0 Å². The quantitative estimate of drug-likeness (QED) is 0.169. The molecule has 9 rings (SSSR count). The van der Waals surface area contributed by atoms with Crippen LogP contribution in [0, 0.1) is 0 Å². The van der Waals surface area contributed by atoms with E-state index in [1.165, 1.54) is 60.9 Å². The van der Waals surface area contributed by atoms with E-state index in [9.17, 15) is 0 Å². The van der Waals surface area contributed by atoms with Crippen LogP contribution in [0.4, 0.5) is 17.1 Å². The molecule has 0 spiro atoms. The highest BCUT2D eigenvalue weighted by molar-refractivity contribution is 6.09. The Balaban J connectivity index is 1.15. The van der Waals surface area contributed by atoms with Crippen LogP contribution >= 0.6 is 0 Å². The van der Waals surface area contributed by atoms with E-state index in [2.05, 4.69) is 216 Å². The topological polar surface area (TPSA) is 8.17 Å². The molecular formula is C48H34N2. The van der Waals surface area contributed by atoms with E-state index in [-0.39, 0.29) is 0 Å². The number of hydrogen-bond acceptors (Lipinski definition) is 1. The smallest absolute Gasteiger partial charge is 0.0541 e. The largest absolute Gasteiger partial charge is 0.310 e. The number of fused-ring (bicyclic) bond motifs is 3. The fourth-order valence-electron chi connectivity index (χ4n) is 7.22. The molecule has 2 heteroatoms. The number of benzene rings is 8. The molecular weight excluding hydrogens is 605 g/mol. The molecule has 0 aliphatic rings. The number of rotatable bonds is 7. The molecule has 1 aromatic heterocycles. The molecule has 236 valence electrons. The van der Waals surface area contributed by atoms with Crippen LogP contribution in [0.1, 0.15) is 0 Å². The Morgan fingerprint density at radius 2 is 0.760 bits per heavy atom. The molecule has 0 bridgehead atoms. The minimum absolute atomic E-state index is 1.10. The SMILES string of the molecule is c1ccc(-c2ccc(N(c3ccc(-c4ccccc4-n4c5ccccc5c5ccccc54)cc3)c3cccc(-c4ccccc4)c3)cc2)cc1. The highest BCUT2D eigenvalue weighted by Gasteiger charge is 2.17. The molecule has 0 unspecified atom stereocenters. The van der Waals surface area contributed by atoms with Crippen LogP contribution < -0.4 is 4.90 Å². The lowest BCUT2D eigenvalue weighted by molar-refractivity contribution is 1.18. The first-order chi connectivity index (χ1) is 24.8. The second-order valence-electron chi connectivity index (χ2n) is 12.6. The summed E-state index contributed by atoms with van der Waals surface area (Å²) < 4.78 is 2.41. The van der Waals surface area contributed by atoms with Crippen molar-refractivity contribution < 1.29 is 0 Å². The second-order valence-corrected chi connectivity index (χ2v) is 12.6. The van der Waals surface area contributed by atoms with Gasteiger partial charge in [-0.15, -0.1) is 0 Å². The number of nitrogens with zero attached hydrogens (tertiary/aromatic N) is 2. The van der Waals surface area contributed by atoms with Gasteiger partial charge in [-0.05, 0) is 82.4 Å². The second kappa shape index (κ2) is 12.8. The van der Waals surface area contributed by atoms with Crippen molar-refractivity contribution in [3.63, 3.8) is 0 Å². The zero-order valence-corrected chi connectivity index (χ0v) is 27.5. The minimum atomic E-state index is 1.10. The molecule has 0 N–H and O–H groups in total. The lowest BCUT2D eigenvalue weighted by Crippen LogP contribution is -2.10. The molecule has 0 radical (unpaired) electrons. The number of anilines is 3. The first-order valence-electron chi connectivity index (χ1n) is 17.1. The van der Waals surface area contributed by atoms with Crippen molar-refractivity contribution >= 4 is 38.9 Å². The summed E-state index contributed by atoms with van der Waals surface area (Å²) in [5.41, 5.74) is 14.1. The summed E-state index contributed by atoms with van der Waals surface area (Å²) in [4.78, 5) is 2.35. The van der Waals surface area contributed by atoms with Crippen molar-refractivity contribution in [2.45, 2.75) is 0 Å². The average Bonchev–Trinajstić information content (AvgIpc) is 3.54. The number of aromatic nitrogens is 1. The summed E-state index contributed by atoms with van der Waals surface area (Å²) in [7, 11) is 0. The van der Waals surface area contributed by atoms with Crippen LogP contribution in [0.5, 0.6) is 0 Å². The predicted octanol–water partition coefficient (Wildman–Crippen LogP) is 13.3. The Hall–Kier alpha value is -6.64. The van der Waals surface area contributed by atoms with Gasteiger partial charge < -0.3 is 9.47 Å². The van der Waals surface area contributed by atoms with Crippen molar-refractivity contribution in [1.29, 1.82) is 0 Å². The average molecular weight is 639 g/mol. The Morgan fingerprint density at radius 1 is 0.300 bits per heavy atom. The minimum Gasteiger partial charge on any atom is -0.310 e. The van der Waals surface area contributed by atoms with Gasteiger partial charge in [0, 0.05) is 33.4 Å². The van der Waals surface area contributed by atoms with Crippen LogP contribution in [-0.4, -0.2) is 4.57 Å². The maximum Gasteiger partial charge on any atom is 0.0541 e. The molecule has 0 saturated carbocycles. The summed E-state index contributed by atoms with van der Waals surface area (Å²) in [6.45, 7) is 0. The Kier molecular flexibility index (Phi) is 7.53. The summed E-state index contributed by atoms with van der Waals surface area (Å²) in [6, 6.07) is 74.0. The Morgan fingerprint density at radius 3 is 1.38 bits per heavy atom. The lowest BCUT2D eigenvalue weighted by atomic mass is 10.0. The third kappa shape index (κ3) is 5.34. The van der Waals surface area contributed by atoms with Crippen LogP contribution in [0.15, 0.2) is 206 Å². The first kappa shape index (κ1) is 29.5. The van der Waals surface area contributed by atoms with Crippen molar-refractivity contribution in [2.75, 3.05) is 4.90 Å². The summed E-state index contributed by atoms with van der Waals surface area (Å²) >= 11 is 0. The molecule has 9 aromatic rings. The third-order valence-electron chi connectivity index (χ3n) is 9.61. The van der Waals surface area contributed by atoms with E-state index < -0.39 is 0 Å². The van der Waals surface area contributed by atoms with Crippen molar-refractivity contribution in [1.82, 2.24) is 4.57 Å². The van der Waals surface area contributed by atoms with Crippen LogP contribution in [0.25, 0.3) is 60.9 Å². The highest BCUT2D eigenvalue weighted by atomic mass is 15.1. The van der Waals surface area contributed by atoms with Crippen LogP contribution in [-0.2, 0) is 0 Å². The van der Waals surface area contributed by atoms with Crippen molar-refractivity contribution in [2.24, 2.45) is 0 Å². The zero-order valence-electron chi connectivity index (χ0n) is 27.5. The van der Waals surface area contributed by atoms with Gasteiger partial charge in [0.25, 0.3) is 0 Å². The van der Waals surface area contributed by atoms with Crippen LogP contribution in [0.2, 0.25) is 0 Å². The molecule has 50 heavy (non-hydrogen) atoms. The van der Waals surface area contributed by atoms with Gasteiger partial charge >= 0.3 is 0 Å². The van der Waals surface area contributed by atoms with Crippen LogP contribution in [0.3, 0.4) is 0 Å². The fraction of sp³-hybridized carbons (Fsp3) is 0. The van der Waals surface area contributed by atoms with Gasteiger partial charge in [0.2, 0.25) is 0 Å². The maximum atomic E-state index is 2.41. The molecule has 0 aliphatic heterocycles. The normalized spacial score (nSPS) is 11.2. The molecule has 0 aliphatic carbocycles. The predicted molar refractivity (Wildman–Crippen MR) is 212 cm³/mol. The highest BCUT2D eigenvalue weighted by Crippen LogP contribution is 2.40. The van der Waals surface area contributed by atoms with E-state index in [4.69, 9.17) is 0 Å². The summed E-state index contributed by atoms with van der Waals surface area (Å²) in [5, 5.41) is 2.53. The van der Waals surface area contributed by atoms with Crippen molar-refractivity contribution in [3.8, 4) is 39.1 Å². The van der Waals surface area contributed by atoms with E-state index in [0.29, 0.717) is 0 Å². The Bertz CT molecular complexity index is 2510. The van der Waals surface area contributed by atoms with Gasteiger partial charge in [-0.3, -0.25) is 0 Å². The number of para-hydroxylation sites is 3. The maximum absolute atomic E-state index is 2.41. The van der Waals surface area contributed by atoms with Gasteiger partial charge in [-0.2, -0.15) is 0 Å². The number of hydrogen-bond donors (Lipinski definition) is 0. The van der Waals surface area contributed by atoms with E-state index in [1.807, 2.05) is 0 Å². The molecule has 2 nitrogen and oxygen atoms in total. The van der Waals surface area contributed by atoms with Gasteiger partial charge in [-0.1, -0.05) is 152 Å². The Labute approximate surface area is 292 Å². The molecule has 8 aromatic carbocycles. The molecule has 0 fully saturated rings. The third-order valence-corrected chi connectivity index (χ3v) is 9.61. The van der Waals surface area contributed by atoms with E-state index in [1.54, 1.807) is 0 Å². The summed E-state index contributed by atoms with van der Waals surface area (Å²) in [5.74, 6) is 0. The first-order valence-corrected chi connectivity index (χ1v) is 17.1. The standard InChI is InChI=1S/C48H34N2/c1-3-14-35(15-4-1)37-26-30-40(31-27-37)49(42-19-13-18-39(34-42)36-16-5-2-6-17-36)41-32-28-38(29-33-41)43-20-7-10-23-46(43)50-47-24-11-8-21-44(47)45-22-9-12-25-48(45)50/h1-34H. The summed E-state index contributed by atoms with van der Waals surface area (Å²) in [6.07, 6.45) is 0. The molecule has 0 amide bonds. The fourth-order valence-corrected chi connectivity index (χ4v) is 7.22. The van der Waals surface area contributed by atoms with Gasteiger partial charge in [0.15, 0.2) is 0 Å². The molecule has 0 atom stereocenters. The molecule has 1 heterocycles. The molecule has 0 saturated heterocycles.